The third-order valence-corrected chi connectivity index (χ3v) is 4.52. The number of fused-ring (bicyclic) bond motifs is 1. The molecule has 1 aliphatic rings. The molecule has 1 aromatic carbocycles. The monoisotopic (exact) mass is 420 g/mol. The van der Waals surface area contributed by atoms with Gasteiger partial charge in [0.15, 0.2) is 11.4 Å². The van der Waals surface area contributed by atoms with Gasteiger partial charge in [0.25, 0.3) is 11.8 Å². The third kappa shape index (κ3) is 4.26. The van der Waals surface area contributed by atoms with Crippen molar-refractivity contribution in [1.29, 1.82) is 0 Å². The molecule has 2 N–H and O–H groups in total. The number of rotatable bonds is 7. The zero-order valence-corrected chi connectivity index (χ0v) is 16.4. The van der Waals surface area contributed by atoms with E-state index in [4.69, 9.17) is 9.57 Å². The Labute approximate surface area is 170 Å². The Balaban J connectivity index is 1.78. The van der Waals surface area contributed by atoms with Crippen molar-refractivity contribution in [2.45, 2.75) is 6.61 Å². The predicted octanol–water partition coefficient (Wildman–Crippen LogP) is 0.182. The molecule has 1 aliphatic heterocycles. The van der Waals surface area contributed by atoms with E-state index in [9.17, 15) is 23.9 Å². The van der Waals surface area contributed by atoms with Crippen LogP contribution in [0.3, 0.4) is 0 Å². The van der Waals surface area contributed by atoms with Gasteiger partial charge in [-0.25, -0.2) is 9.87 Å². The summed E-state index contributed by atoms with van der Waals surface area (Å²) in [6.45, 7) is 0.667. The molecular weight excluding hydrogens is 399 g/mol. The summed E-state index contributed by atoms with van der Waals surface area (Å²) in [5.74, 6) is -2.69. The summed E-state index contributed by atoms with van der Waals surface area (Å²) >= 11 is 0. The average molecular weight is 420 g/mol. The number of benzene rings is 1. The summed E-state index contributed by atoms with van der Waals surface area (Å²) in [6, 6.07) is 5.46. The van der Waals surface area contributed by atoms with Crippen molar-refractivity contribution in [3.63, 3.8) is 0 Å². The van der Waals surface area contributed by atoms with Crippen LogP contribution in [0.5, 0.6) is 5.75 Å². The Kier molecular flexibility index (Phi) is 6.33. The largest absolute Gasteiger partial charge is 0.502 e. The lowest BCUT2D eigenvalue weighted by Gasteiger charge is -2.37. The number of amides is 2. The van der Waals surface area contributed by atoms with E-state index in [0.29, 0.717) is 5.56 Å². The van der Waals surface area contributed by atoms with Crippen molar-refractivity contribution in [3.8, 4) is 5.75 Å². The fourth-order valence-corrected chi connectivity index (χ4v) is 2.94. The summed E-state index contributed by atoms with van der Waals surface area (Å²) in [7, 11) is 3.13. The van der Waals surface area contributed by atoms with E-state index in [1.807, 2.05) is 0 Å². The van der Waals surface area contributed by atoms with Gasteiger partial charge in [-0.05, 0) is 17.7 Å². The molecule has 10 nitrogen and oxygen atoms in total. The molecule has 2 aromatic rings. The molecule has 0 radical (unpaired) electrons. The summed E-state index contributed by atoms with van der Waals surface area (Å²) in [5, 5.41) is 11.9. The minimum absolute atomic E-state index is 0.0584. The van der Waals surface area contributed by atoms with Crippen LogP contribution in [0.2, 0.25) is 0 Å². The fourth-order valence-electron chi connectivity index (χ4n) is 2.94. The van der Waals surface area contributed by atoms with Crippen LogP contribution in [0.1, 0.15) is 26.4 Å². The lowest BCUT2D eigenvalue weighted by molar-refractivity contribution is 0.0231. The molecule has 0 saturated heterocycles. The van der Waals surface area contributed by atoms with Gasteiger partial charge >= 0.3 is 0 Å². The topological polar surface area (TPSA) is 113 Å². The zero-order chi connectivity index (χ0) is 21.8. The van der Waals surface area contributed by atoms with Crippen molar-refractivity contribution in [1.82, 2.24) is 15.1 Å². The second-order valence-corrected chi connectivity index (χ2v) is 6.62. The van der Waals surface area contributed by atoms with E-state index in [1.54, 1.807) is 12.1 Å². The molecule has 0 aliphatic carbocycles. The number of pyridine rings is 1. The minimum atomic E-state index is -1.00. The van der Waals surface area contributed by atoms with Crippen molar-refractivity contribution >= 4 is 11.8 Å². The Morgan fingerprint density at radius 3 is 2.63 bits per heavy atom. The van der Waals surface area contributed by atoms with Crippen molar-refractivity contribution < 1.29 is 28.7 Å². The van der Waals surface area contributed by atoms with Crippen LogP contribution in [0, 0.1) is 5.82 Å². The molecule has 2 amide bonds. The lowest BCUT2D eigenvalue weighted by Crippen LogP contribution is -2.53. The van der Waals surface area contributed by atoms with Gasteiger partial charge in [0.2, 0.25) is 5.43 Å². The number of nitrogens with one attached hydrogen (secondary N) is 1. The van der Waals surface area contributed by atoms with Crippen LogP contribution < -0.4 is 15.9 Å². The van der Waals surface area contributed by atoms with Crippen molar-refractivity contribution in [2.75, 3.05) is 39.0 Å². The van der Waals surface area contributed by atoms with Crippen LogP contribution in [0.4, 0.5) is 4.39 Å². The van der Waals surface area contributed by atoms with Gasteiger partial charge in [-0.2, -0.15) is 0 Å². The van der Waals surface area contributed by atoms with E-state index in [1.165, 1.54) is 47.1 Å². The van der Waals surface area contributed by atoms with Gasteiger partial charge in [0.1, 0.15) is 18.0 Å². The summed E-state index contributed by atoms with van der Waals surface area (Å²) in [4.78, 5) is 44.0. The van der Waals surface area contributed by atoms with Crippen LogP contribution in [0.15, 0.2) is 35.3 Å². The number of hydroxylamine groups is 1. The highest BCUT2D eigenvalue weighted by atomic mass is 19.1. The van der Waals surface area contributed by atoms with Crippen LogP contribution >= 0.6 is 0 Å². The Morgan fingerprint density at radius 2 is 1.97 bits per heavy atom. The first kappa shape index (κ1) is 21.3. The van der Waals surface area contributed by atoms with E-state index < -0.39 is 34.4 Å². The van der Waals surface area contributed by atoms with Gasteiger partial charge in [0, 0.05) is 26.9 Å². The third-order valence-electron chi connectivity index (χ3n) is 4.52. The van der Waals surface area contributed by atoms with Gasteiger partial charge in [-0.3, -0.25) is 28.9 Å². The maximum Gasteiger partial charge on any atom is 0.280 e. The van der Waals surface area contributed by atoms with Crippen LogP contribution in [-0.4, -0.2) is 60.5 Å². The zero-order valence-electron chi connectivity index (χ0n) is 16.4. The number of aromatic hydroxyl groups is 1. The number of hydrogen-bond acceptors (Lipinski definition) is 7. The molecule has 1 aromatic heterocycles. The molecule has 0 unspecified atom stereocenters. The van der Waals surface area contributed by atoms with Crippen molar-refractivity contribution in [3.05, 3.63) is 63.3 Å². The standard InChI is InChI=1S/C19H21FN4O6/c1-22-11-23(7-8-29-2)19(28)15-17(26)16(25)14(9-24(15)22)18(27)21-30-10-12-3-5-13(20)6-4-12/h3-6,9,26H,7-8,10-11H2,1-2H3,(H,21,27). The molecule has 11 heteroatoms. The number of hydrogen-bond donors (Lipinski definition) is 2. The highest BCUT2D eigenvalue weighted by Crippen LogP contribution is 2.20. The Bertz CT molecular complexity index is 1010. The van der Waals surface area contributed by atoms with Gasteiger partial charge in [-0.1, -0.05) is 12.1 Å². The maximum absolute atomic E-state index is 12.9. The van der Waals surface area contributed by atoms with Gasteiger partial charge in [-0.15, -0.1) is 0 Å². The first-order valence-electron chi connectivity index (χ1n) is 8.98. The van der Waals surface area contributed by atoms with Gasteiger partial charge in [0.05, 0.1) is 13.2 Å². The number of ether oxygens (including phenoxy) is 1. The molecule has 160 valence electrons. The highest BCUT2D eigenvalue weighted by Gasteiger charge is 2.33. The Morgan fingerprint density at radius 1 is 1.27 bits per heavy atom. The number of halogens is 1. The smallest absolute Gasteiger partial charge is 0.280 e. The number of nitrogens with zero attached hydrogens (tertiary/aromatic N) is 3. The summed E-state index contributed by atoms with van der Waals surface area (Å²) in [5.41, 5.74) is 1.07. The van der Waals surface area contributed by atoms with E-state index in [0.717, 1.165) is 0 Å². The Hall–Kier alpha value is -3.44. The van der Waals surface area contributed by atoms with E-state index in [-0.39, 0.29) is 32.1 Å². The molecule has 0 fully saturated rings. The maximum atomic E-state index is 12.9. The molecule has 0 bridgehead atoms. The molecule has 3 rings (SSSR count). The minimum Gasteiger partial charge on any atom is -0.502 e. The quantitative estimate of drug-likeness (QED) is 0.615. The van der Waals surface area contributed by atoms with Gasteiger partial charge < -0.3 is 14.7 Å². The molecular formula is C19H21FN4O6. The molecule has 30 heavy (non-hydrogen) atoms. The summed E-state index contributed by atoms with van der Waals surface area (Å²) in [6.07, 6.45) is 1.17. The summed E-state index contributed by atoms with van der Waals surface area (Å²) < 4.78 is 19.1. The fraction of sp³-hybridized carbons (Fsp3) is 0.316. The number of carbonyl (C=O) groups is 2. The highest BCUT2D eigenvalue weighted by molar-refractivity contribution is 5.99. The number of aromatic nitrogens is 1. The second-order valence-electron chi connectivity index (χ2n) is 6.62. The molecule has 0 atom stereocenters. The first-order valence-corrected chi connectivity index (χ1v) is 8.98. The number of carbonyl (C=O) groups excluding carboxylic acids is 2. The van der Waals surface area contributed by atoms with Crippen LogP contribution in [0.25, 0.3) is 0 Å². The average Bonchev–Trinajstić information content (AvgIpc) is 2.72. The van der Waals surface area contributed by atoms with Crippen LogP contribution in [-0.2, 0) is 16.2 Å². The normalized spacial score (nSPS) is 13.4. The number of methoxy groups -OCH3 is 1. The van der Waals surface area contributed by atoms with Crippen molar-refractivity contribution in [2.24, 2.45) is 0 Å². The second kappa shape index (κ2) is 8.93. The first-order chi connectivity index (χ1) is 14.3. The molecule has 0 saturated carbocycles. The SMILES string of the molecule is COCCN1CN(C)n2cc(C(=O)NOCc3ccc(F)cc3)c(=O)c(O)c2C1=O. The lowest BCUT2D eigenvalue weighted by atomic mass is 10.2. The van der Waals surface area contributed by atoms with E-state index >= 15 is 0 Å². The molecule has 0 spiro atoms. The predicted molar refractivity (Wildman–Crippen MR) is 103 cm³/mol. The van der Waals surface area contributed by atoms with E-state index in [2.05, 4.69) is 5.48 Å². The molecule has 2 heterocycles.